The Balaban J connectivity index is 1.21. The Morgan fingerprint density at radius 3 is 2.68 bits per heavy atom. The lowest BCUT2D eigenvalue weighted by atomic mass is 9.82. The van der Waals surface area contributed by atoms with E-state index in [4.69, 9.17) is 4.74 Å². The lowest BCUT2D eigenvalue weighted by Gasteiger charge is -2.38. The maximum Gasteiger partial charge on any atom is 0.416 e. The molecule has 2 heterocycles. The van der Waals surface area contributed by atoms with Crippen molar-refractivity contribution in [3.63, 3.8) is 0 Å². The van der Waals surface area contributed by atoms with Crippen molar-refractivity contribution in [2.45, 2.75) is 75.8 Å². The van der Waals surface area contributed by atoms with Gasteiger partial charge in [-0.3, -0.25) is 9.59 Å². The molecule has 202 valence electrons. The van der Waals surface area contributed by atoms with Crippen molar-refractivity contribution in [3.8, 4) is 0 Å². The molecule has 1 aliphatic carbocycles. The topological polar surface area (TPSA) is 79.7 Å². The van der Waals surface area contributed by atoms with Crippen LogP contribution in [0.3, 0.4) is 0 Å². The quantitative estimate of drug-likeness (QED) is 0.409. The number of aromatic nitrogens is 1. The number of hydrogen-bond acceptors (Lipinski definition) is 7. The summed E-state index contributed by atoms with van der Waals surface area (Å²) < 4.78 is 43.8. The summed E-state index contributed by atoms with van der Waals surface area (Å²) in [6.45, 7) is 2.20. The van der Waals surface area contributed by atoms with E-state index in [0.29, 0.717) is 31.9 Å². The van der Waals surface area contributed by atoms with Gasteiger partial charge in [0.1, 0.15) is 16.4 Å². The smallest absolute Gasteiger partial charge is 0.383 e. The standard InChI is InChI=1S/C27H33F3N2O4S/c1-36-17-23-15-31-25(37-23)26(35)10-7-21(8-11-26)32-12-9-18(16-32)13-22(33)5-6-24(34)19-3-2-4-20(14-19)27(28,29)30/h2-4,14-15,18,21,35H,5-13,16-17H2,1H3/t18-,21?,26?/m0/s1. The van der Waals surface area contributed by atoms with Gasteiger partial charge in [-0.15, -0.1) is 11.3 Å². The highest BCUT2D eigenvalue weighted by atomic mass is 32.1. The van der Waals surface area contributed by atoms with Gasteiger partial charge in [0.15, 0.2) is 5.78 Å². The molecule has 6 nitrogen and oxygen atoms in total. The summed E-state index contributed by atoms with van der Waals surface area (Å²) in [6.07, 6.45) is 1.52. The van der Waals surface area contributed by atoms with Gasteiger partial charge in [-0.25, -0.2) is 4.98 Å². The fourth-order valence-electron chi connectivity index (χ4n) is 5.44. The first-order valence-electron chi connectivity index (χ1n) is 12.7. The number of halogens is 3. The molecule has 1 aliphatic heterocycles. The number of ether oxygens (including phenoxy) is 1. The zero-order valence-electron chi connectivity index (χ0n) is 20.9. The largest absolute Gasteiger partial charge is 0.416 e. The molecule has 1 N–H and O–H groups in total. The van der Waals surface area contributed by atoms with Gasteiger partial charge < -0.3 is 14.7 Å². The number of aliphatic hydroxyl groups is 1. The lowest BCUT2D eigenvalue weighted by Crippen LogP contribution is -2.41. The van der Waals surface area contributed by atoms with E-state index in [2.05, 4.69) is 9.88 Å². The molecule has 0 unspecified atom stereocenters. The van der Waals surface area contributed by atoms with Gasteiger partial charge in [0.2, 0.25) is 0 Å². The summed E-state index contributed by atoms with van der Waals surface area (Å²) in [6, 6.07) is 4.71. The third-order valence-corrected chi connectivity index (χ3v) is 8.68. The molecular formula is C27H33F3N2O4S. The van der Waals surface area contributed by atoms with Crippen LogP contribution in [-0.4, -0.2) is 52.8 Å². The Labute approximate surface area is 218 Å². The highest BCUT2D eigenvalue weighted by Gasteiger charge is 2.40. The number of methoxy groups -OCH3 is 1. The molecule has 1 aromatic carbocycles. The zero-order chi connectivity index (χ0) is 26.6. The molecule has 10 heteroatoms. The molecule has 2 fully saturated rings. The Bertz CT molecular complexity index is 1100. The number of carbonyl (C=O) groups is 2. The minimum Gasteiger partial charge on any atom is -0.383 e. The molecule has 1 aromatic heterocycles. The highest BCUT2D eigenvalue weighted by Crippen LogP contribution is 2.41. The molecule has 37 heavy (non-hydrogen) atoms. The van der Waals surface area contributed by atoms with Gasteiger partial charge in [-0.1, -0.05) is 12.1 Å². The normalized spacial score (nSPS) is 24.9. The van der Waals surface area contributed by atoms with Crippen molar-refractivity contribution < 1.29 is 32.6 Å². The predicted octanol–water partition coefficient (Wildman–Crippen LogP) is 5.38. The number of nitrogens with zero attached hydrogens (tertiary/aromatic N) is 2. The first kappa shape index (κ1) is 27.9. The van der Waals surface area contributed by atoms with Crippen LogP contribution in [0, 0.1) is 5.92 Å². The first-order valence-corrected chi connectivity index (χ1v) is 13.5. The van der Waals surface area contributed by atoms with E-state index in [0.717, 1.165) is 54.4 Å². The number of hydrogen-bond donors (Lipinski definition) is 1. The number of Topliss-reactive ketones (excluding diaryl/α,β-unsaturated/α-hetero) is 2. The highest BCUT2D eigenvalue weighted by molar-refractivity contribution is 7.11. The second-order valence-electron chi connectivity index (χ2n) is 10.2. The third kappa shape index (κ3) is 7.04. The monoisotopic (exact) mass is 538 g/mol. The Hall–Kier alpha value is -2.14. The van der Waals surface area contributed by atoms with Gasteiger partial charge in [-0.2, -0.15) is 13.2 Å². The minimum absolute atomic E-state index is 0.0143. The number of carbonyl (C=O) groups excluding carboxylic acids is 2. The van der Waals surface area contributed by atoms with Gasteiger partial charge >= 0.3 is 6.18 Å². The second-order valence-corrected chi connectivity index (χ2v) is 11.3. The van der Waals surface area contributed by atoms with Crippen LogP contribution in [0.5, 0.6) is 0 Å². The number of alkyl halides is 3. The summed E-state index contributed by atoms with van der Waals surface area (Å²) in [5.41, 5.74) is -1.77. The molecule has 0 spiro atoms. The van der Waals surface area contributed by atoms with Gasteiger partial charge in [0.05, 0.1) is 17.0 Å². The number of likely N-dealkylation sites (tertiary alicyclic amines) is 1. The maximum absolute atomic E-state index is 12.9. The zero-order valence-corrected chi connectivity index (χ0v) is 21.7. The first-order chi connectivity index (χ1) is 17.6. The van der Waals surface area contributed by atoms with Crippen molar-refractivity contribution in [2.75, 3.05) is 20.2 Å². The fraction of sp³-hybridized carbons (Fsp3) is 0.593. The average Bonchev–Trinajstić information content (AvgIpc) is 3.53. The van der Waals surface area contributed by atoms with E-state index in [1.165, 1.54) is 23.5 Å². The Morgan fingerprint density at radius 2 is 1.97 bits per heavy atom. The minimum atomic E-state index is -4.51. The molecule has 1 saturated carbocycles. The molecular weight excluding hydrogens is 505 g/mol. The molecule has 1 atom stereocenters. The second kappa shape index (κ2) is 11.7. The molecule has 2 aromatic rings. The van der Waals surface area contributed by atoms with Crippen molar-refractivity contribution in [2.24, 2.45) is 5.92 Å². The van der Waals surface area contributed by atoms with Gasteiger partial charge in [0, 0.05) is 50.7 Å². The molecule has 1 saturated heterocycles. The maximum atomic E-state index is 12.9. The third-order valence-electron chi connectivity index (χ3n) is 7.51. The van der Waals surface area contributed by atoms with Crippen LogP contribution in [0.15, 0.2) is 30.5 Å². The average molecular weight is 539 g/mol. The summed E-state index contributed by atoms with van der Waals surface area (Å²) in [5, 5.41) is 11.9. The lowest BCUT2D eigenvalue weighted by molar-refractivity contribution is -0.137. The van der Waals surface area contributed by atoms with Crippen molar-refractivity contribution in [3.05, 3.63) is 51.5 Å². The molecule has 0 amide bonds. The van der Waals surface area contributed by atoms with Crippen LogP contribution in [-0.2, 0) is 27.9 Å². The van der Waals surface area contributed by atoms with Crippen LogP contribution < -0.4 is 0 Å². The van der Waals surface area contributed by atoms with Crippen LogP contribution in [0.1, 0.15) is 77.2 Å². The summed E-state index contributed by atoms with van der Waals surface area (Å²) in [5.74, 6) is -0.259. The van der Waals surface area contributed by atoms with Crippen LogP contribution in [0.25, 0.3) is 0 Å². The van der Waals surface area contributed by atoms with Crippen LogP contribution >= 0.6 is 11.3 Å². The number of ketones is 2. The molecule has 2 aliphatic rings. The predicted molar refractivity (Wildman–Crippen MR) is 133 cm³/mol. The van der Waals surface area contributed by atoms with E-state index in [1.807, 2.05) is 0 Å². The van der Waals surface area contributed by atoms with E-state index in [9.17, 15) is 27.9 Å². The van der Waals surface area contributed by atoms with E-state index in [-0.39, 0.29) is 30.1 Å². The number of benzene rings is 1. The molecule has 0 bridgehead atoms. The van der Waals surface area contributed by atoms with E-state index in [1.54, 1.807) is 13.3 Å². The van der Waals surface area contributed by atoms with Gasteiger partial charge in [0.25, 0.3) is 0 Å². The van der Waals surface area contributed by atoms with Crippen molar-refractivity contribution in [1.82, 2.24) is 9.88 Å². The van der Waals surface area contributed by atoms with E-state index >= 15 is 0 Å². The van der Waals surface area contributed by atoms with Crippen LogP contribution in [0.4, 0.5) is 13.2 Å². The Morgan fingerprint density at radius 1 is 1.22 bits per heavy atom. The SMILES string of the molecule is COCc1cnc(C2(O)CCC(N3CC[C@@H](CC(=O)CCC(=O)c4cccc(C(F)(F)F)c4)C3)CC2)s1. The van der Waals surface area contributed by atoms with Crippen molar-refractivity contribution in [1.29, 1.82) is 0 Å². The summed E-state index contributed by atoms with van der Waals surface area (Å²) in [4.78, 5) is 32.7. The summed E-state index contributed by atoms with van der Waals surface area (Å²) >= 11 is 1.50. The fourth-order valence-corrected chi connectivity index (χ4v) is 6.47. The molecule has 4 rings (SSSR count). The van der Waals surface area contributed by atoms with Gasteiger partial charge in [-0.05, 0) is 56.7 Å². The van der Waals surface area contributed by atoms with E-state index < -0.39 is 23.1 Å². The van der Waals surface area contributed by atoms with Crippen LogP contribution in [0.2, 0.25) is 0 Å². The Kier molecular flexibility index (Phi) is 8.83. The number of thiazole rings is 1. The summed E-state index contributed by atoms with van der Waals surface area (Å²) in [7, 11) is 1.64. The number of rotatable bonds is 10. The van der Waals surface area contributed by atoms with Crippen molar-refractivity contribution >= 4 is 22.9 Å². The molecule has 0 radical (unpaired) electrons.